The first kappa shape index (κ1) is 30.9. The molecule has 218 valence electrons. The summed E-state index contributed by atoms with van der Waals surface area (Å²) < 4.78 is 23.4. The minimum atomic E-state index is -0.496. The van der Waals surface area contributed by atoms with Crippen molar-refractivity contribution >= 4 is 33.1 Å². The highest BCUT2D eigenvalue weighted by molar-refractivity contribution is 6.21. The first-order valence-corrected chi connectivity index (χ1v) is 14.2. The molecule has 0 N–H and O–H groups in total. The molecule has 0 aliphatic heterocycles. The molecule has 2 radical (unpaired) electrons. The van der Waals surface area contributed by atoms with Crippen molar-refractivity contribution in [3.63, 3.8) is 0 Å². The fraction of sp³-hybridized carbons (Fsp3) is 0.176. The van der Waals surface area contributed by atoms with Crippen LogP contribution < -0.4 is 18.3 Å². The predicted molar refractivity (Wildman–Crippen MR) is 161 cm³/mol. The average molecular weight is 595 g/mol. The summed E-state index contributed by atoms with van der Waals surface area (Å²) in [5.41, 5.74) is 3.79. The molecule has 4 aromatic rings. The number of carbonyl (C=O) groups excluding carboxylic acids is 4. The van der Waals surface area contributed by atoms with Gasteiger partial charge in [-0.3, -0.25) is 19.2 Å². The maximum Gasteiger partial charge on any atom is 0.610 e. The quantitative estimate of drug-likeness (QED) is 0.118. The minimum absolute atomic E-state index is 0.0134. The third-order valence-corrected chi connectivity index (χ3v) is 7.06. The standard InChI is InChI=1S/C34H30O8Si/c1-21(35)27-9-5-25(6-10-27)19-39-31-13-29(23(3)37)15-33(17-31)41-43-42-34-16-30(24(4)38)14-32(18-34)40-20-26-7-11-28(12-8-26)22(2)36/h5-18H,19-20H2,1-4H3. The zero-order chi connectivity index (χ0) is 30.9. The van der Waals surface area contributed by atoms with Crippen LogP contribution in [-0.2, 0) is 13.2 Å². The average Bonchev–Trinajstić information content (AvgIpc) is 2.99. The number of Topliss-reactive ketones (excluding diaryl/α,β-unsaturated/α-hetero) is 4. The lowest BCUT2D eigenvalue weighted by Gasteiger charge is -2.13. The Morgan fingerprint density at radius 1 is 0.465 bits per heavy atom. The van der Waals surface area contributed by atoms with Gasteiger partial charge < -0.3 is 18.3 Å². The van der Waals surface area contributed by atoms with Gasteiger partial charge in [-0.05, 0) is 63.1 Å². The van der Waals surface area contributed by atoms with E-state index in [0.717, 1.165) is 11.1 Å². The first-order chi connectivity index (χ1) is 20.6. The molecular formula is C34H30O8Si. The van der Waals surface area contributed by atoms with Gasteiger partial charge in [0.05, 0.1) is 0 Å². The fourth-order valence-electron chi connectivity index (χ4n) is 3.96. The Morgan fingerprint density at radius 3 is 1.12 bits per heavy atom. The van der Waals surface area contributed by atoms with Crippen LogP contribution in [0.5, 0.6) is 23.0 Å². The number of ether oxygens (including phenoxy) is 2. The van der Waals surface area contributed by atoms with E-state index in [0.29, 0.717) is 45.3 Å². The highest BCUT2D eigenvalue weighted by atomic mass is 28.3. The summed E-state index contributed by atoms with van der Waals surface area (Å²) in [6.45, 7) is 6.40. The van der Waals surface area contributed by atoms with E-state index in [2.05, 4.69) is 0 Å². The van der Waals surface area contributed by atoms with E-state index in [1.165, 1.54) is 27.7 Å². The predicted octanol–water partition coefficient (Wildman–Crippen LogP) is 6.65. The van der Waals surface area contributed by atoms with Gasteiger partial charge in [0, 0.05) is 34.4 Å². The molecule has 0 heterocycles. The summed E-state index contributed by atoms with van der Waals surface area (Å²) in [6.07, 6.45) is 0. The Morgan fingerprint density at radius 2 is 0.791 bits per heavy atom. The molecule has 0 bridgehead atoms. The molecular weight excluding hydrogens is 564 g/mol. The van der Waals surface area contributed by atoms with Gasteiger partial charge in [0.1, 0.15) is 36.2 Å². The Labute approximate surface area is 252 Å². The molecule has 0 atom stereocenters. The van der Waals surface area contributed by atoms with Crippen LogP contribution >= 0.6 is 0 Å². The van der Waals surface area contributed by atoms with Crippen LogP contribution in [0.3, 0.4) is 0 Å². The molecule has 8 nitrogen and oxygen atoms in total. The second-order valence-electron chi connectivity index (χ2n) is 9.87. The maximum absolute atomic E-state index is 12.1. The van der Waals surface area contributed by atoms with Crippen molar-refractivity contribution < 1.29 is 37.5 Å². The number of hydrogen-bond acceptors (Lipinski definition) is 8. The lowest BCUT2D eigenvalue weighted by atomic mass is 10.1. The maximum atomic E-state index is 12.1. The van der Waals surface area contributed by atoms with Gasteiger partial charge in [-0.1, -0.05) is 48.5 Å². The van der Waals surface area contributed by atoms with E-state index in [-0.39, 0.29) is 36.3 Å². The molecule has 4 rings (SSSR count). The van der Waals surface area contributed by atoms with Crippen LogP contribution in [0.15, 0.2) is 84.9 Å². The highest BCUT2D eigenvalue weighted by Crippen LogP contribution is 2.27. The van der Waals surface area contributed by atoms with Gasteiger partial charge in [0.2, 0.25) is 0 Å². The fourth-order valence-corrected chi connectivity index (χ4v) is 4.43. The summed E-state index contributed by atoms with van der Waals surface area (Å²) in [5, 5.41) is 0. The summed E-state index contributed by atoms with van der Waals surface area (Å²) in [7, 11) is -0.496. The van der Waals surface area contributed by atoms with Crippen LogP contribution in [0, 0.1) is 0 Å². The minimum Gasteiger partial charge on any atom is -0.508 e. The number of benzene rings is 4. The van der Waals surface area contributed by atoms with Crippen molar-refractivity contribution in [2.45, 2.75) is 40.9 Å². The monoisotopic (exact) mass is 594 g/mol. The topological polar surface area (TPSA) is 105 Å². The molecule has 0 amide bonds. The van der Waals surface area contributed by atoms with E-state index in [1.807, 2.05) is 24.3 Å². The molecule has 0 aromatic heterocycles. The molecule has 0 spiro atoms. The van der Waals surface area contributed by atoms with E-state index in [4.69, 9.17) is 18.3 Å². The largest absolute Gasteiger partial charge is 0.610 e. The zero-order valence-corrected chi connectivity index (χ0v) is 25.3. The van der Waals surface area contributed by atoms with Crippen molar-refractivity contribution in [3.05, 3.63) is 118 Å². The zero-order valence-electron chi connectivity index (χ0n) is 24.3. The third-order valence-electron chi connectivity index (χ3n) is 6.42. The second kappa shape index (κ2) is 14.2. The van der Waals surface area contributed by atoms with E-state index < -0.39 is 10.0 Å². The van der Waals surface area contributed by atoms with Crippen molar-refractivity contribution in [2.75, 3.05) is 0 Å². The second-order valence-corrected chi connectivity index (χ2v) is 10.4. The number of ketones is 4. The molecule has 0 aliphatic rings. The number of hydrogen-bond donors (Lipinski definition) is 0. The van der Waals surface area contributed by atoms with Gasteiger partial charge in [-0.2, -0.15) is 0 Å². The smallest absolute Gasteiger partial charge is 0.508 e. The van der Waals surface area contributed by atoms with Crippen LogP contribution in [0.2, 0.25) is 0 Å². The first-order valence-electron chi connectivity index (χ1n) is 13.4. The third kappa shape index (κ3) is 8.98. The van der Waals surface area contributed by atoms with E-state index in [9.17, 15) is 19.2 Å². The van der Waals surface area contributed by atoms with Crippen molar-refractivity contribution in [1.29, 1.82) is 0 Å². The summed E-state index contributed by atoms with van der Waals surface area (Å²) in [4.78, 5) is 47.3. The molecule has 0 saturated heterocycles. The Kier molecular flexibility index (Phi) is 10.2. The van der Waals surface area contributed by atoms with Crippen molar-refractivity contribution in [2.24, 2.45) is 0 Å². The lowest BCUT2D eigenvalue weighted by Crippen LogP contribution is -2.12. The van der Waals surface area contributed by atoms with Gasteiger partial charge in [0.25, 0.3) is 0 Å². The highest BCUT2D eigenvalue weighted by Gasteiger charge is 2.12. The molecule has 0 unspecified atom stereocenters. The molecule has 0 fully saturated rings. The van der Waals surface area contributed by atoms with E-state index in [1.54, 1.807) is 60.7 Å². The molecule has 0 saturated carbocycles. The number of carbonyl (C=O) groups is 4. The van der Waals surface area contributed by atoms with Crippen LogP contribution in [0.25, 0.3) is 0 Å². The van der Waals surface area contributed by atoms with Gasteiger partial charge in [-0.25, -0.2) is 0 Å². The number of rotatable bonds is 14. The van der Waals surface area contributed by atoms with Crippen LogP contribution in [-0.4, -0.2) is 33.1 Å². The summed E-state index contributed by atoms with van der Waals surface area (Å²) in [6, 6.07) is 24.0. The van der Waals surface area contributed by atoms with Gasteiger partial charge in [-0.15, -0.1) is 0 Å². The van der Waals surface area contributed by atoms with Gasteiger partial charge in [0.15, 0.2) is 23.1 Å². The molecule has 9 heteroatoms. The van der Waals surface area contributed by atoms with Gasteiger partial charge >= 0.3 is 10.0 Å². The molecule has 43 heavy (non-hydrogen) atoms. The van der Waals surface area contributed by atoms with Crippen molar-refractivity contribution in [3.8, 4) is 23.0 Å². The Balaban J connectivity index is 1.41. The lowest BCUT2D eigenvalue weighted by molar-refractivity contribution is 0.100. The van der Waals surface area contributed by atoms with Crippen LogP contribution in [0.1, 0.15) is 80.3 Å². The summed E-state index contributed by atoms with van der Waals surface area (Å²) in [5.74, 6) is 1.29. The SMILES string of the molecule is CC(=O)c1ccc(COc2cc(O[Si]Oc3cc(OCc4ccc(C(C)=O)cc4)cc(C(C)=O)c3)cc(C(C)=O)c2)cc1. The summed E-state index contributed by atoms with van der Waals surface area (Å²) >= 11 is 0. The Bertz CT molecular complexity index is 1520. The van der Waals surface area contributed by atoms with E-state index >= 15 is 0 Å². The normalized spacial score (nSPS) is 10.5. The molecule has 4 aromatic carbocycles. The van der Waals surface area contributed by atoms with Crippen LogP contribution in [0.4, 0.5) is 0 Å². The molecule has 0 aliphatic carbocycles. The van der Waals surface area contributed by atoms with Crippen molar-refractivity contribution in [1.82, 2.24) is 0 Å². The Hall–Kier alpha value is -5.02.